The molecule has 6 heteroatoms. The molecule has 0 aromatic carbocycles. The molecule has 86 valence electrons. The molecule has 3 nitrogen and oxygen atoms in total. The van der Waals surface area contributed by atoms with E-state index in [9.17, 15) is 4.79 Å². The molecule has 0 amide bonds. The van der Waals surface area contributed by atoms with E-state index in [-0.39, 0.29) is 23.0 Å². The van der Waals surface area contributed by atoms with E-state index < -0.39 is 0 Å². The molecule has 2 rings (SSSR count). The molecule has 0 unspecified atom stereocenters. The van der Waals surface area contributed by atoms with Crippen molar-refractivity contribution in [1.82, 2.24) is 4.98 Å². The number of esters is 1. The van der Waals surface area contributed by atoms with Gasteiger partial charge in [0.2, 0.25) is 0 Å². The summed E-state index contributed by atoms with van der Waals surface area (Å²) in [5.41, 5.74) is 1.90. The first kappa shape index (κ1) is 13.3. The van der Waals surface area contributed by atoms with Crippen LogP contribution >= 0.6 is 39.7 Å². The second-order valence-corrected chi connectivity index (χ2v) is 4.92. The first-order valence-corrected chi connectivity index (χ1v) is 6.06. The maximum atomic E-state index is 11.2. The number of methoxy groups -OCH3 is 1. The number of aryl methyl sites for hydroxylation is 1. The van der Waals surface area contributed by atoms with Crippen LogP contribution in [0.25, 0.3) is 11.3 Å². The number of thiophene rings is 1. The van der Waals surface area contributed by atoms with Crippen LogP contribution in [0.5, 0.6) is 0 Å². The average molecular weight is 320 g/mol. The molecule has 0 fully saturated rings. The zero-order valence-corrected chi connectivity index (χ0v) is 12.1. The first-order valence-electron chi connectivity index (χ1n) is 4.30. The van der Waals surface area contributed by atoms with Crippen molar-refractivity contribution in [1.29, 1.82) is 0 Å². The van der Waals surface area contributed by atoms with E-state index in [1.54, 1.807) is 11.3 Å². The lowest BCUT2D eigenvalue weighted by Gasteiger charge is -1.91. The fraction of sp³-hybridized carbons (Fsp3) is 0.200. The molecular weight excluding hydrogens is 310 g/mol. The minimum atomic E-state index is -0.293. The van der Waals surface area contributed by atoms with Crippen LogP contribution in [0.4, 0.5) is 0 Å². The SMILES string of the molecule is Br.COC(=O)c1cc(-c2csc(C)n2)cs1. The van der Waals surface area contributed by atoms with Crippen LogP contribution in [-0.4, -0.2) is 18.1 Å². The summed E-state index contributed by atoms with van der Waals surface area (Å²) in [5.74, 6) is -0.293. The number of ether oxygens (including phenoxy) is 1. The third-order valence-electron chi connectivity index (χ3n) is 1.90. The van der Waals surface area contributed by atoms with E-state index in [0.29, 0.717) is 4.88 Å². The molecule has 0 spiro atoms. The zero-order chi connectivity index (χ0) is 10.8. The van der Waals surface area contributed by atoms with Gasteiger partial charge in [-0.3, -0.25) is 0 Å². The fourth-order valence-electron chi connectivity index (χ4n) is 1.17. The highest BCUT2D eigenvalue weighted by atomic mass is 79.9. The molecule has 0 saturated carbocycles. The predicted octanol–water partition coefficient (Wildman–Crippen LogP) is 3.54. The molecule has 0 radical (unpaired) electrons. The molecule has 2 aromatic rings. The largest absolute Gasteiger partial charge is 0.465 e. The highest BCUT2D eigenvalue weighted by Gasteiger charge is 2.11. The zero-order valence-electron chi connectivity index (χ0n) is 8.72. The van der Waals surface area contributed by atoms with Crippen LogP contribution in [0, 0.1) is 6.92 Å². The number of thiazole rings is 1. The molecule has 0 aliphatic heterocycles. The molecule has 0 N–H and O–H groups in total. The van der Waals surface area contributed by atoms with E-state index in [4.69, 9.17) is 0 Å². The normalized spacial score (nSPS) is 9.62. The van der Waals surface area contributed by atoms with Gasteiger partial charge in [0.05, 0.1) is 17.8 Å². The number of rotatable bonds is 2. The van der Waals surface area contributed by atoms with Gasteiger partial charge in [-0.25, -0.2) is 9.78 Å². The summed E-state index contributed by atoms with van der Waals surface area (Å²) >= 11 is 2.98. The Kier molecular flexibility index (Phi) is 4.64. The Bertz CT molecular complexity index is 492. The van der Waals surface area contributed by atoms with Gasteiger partial charge in [0.15, 0.2) is 0 Å². The van der Waals surface area contributed by atoms with E-state index in [1.807, 2.05) is 23.8 Å². The maximum absolute atomic E-state index is 11.2. The molecule has 0 aliphatic carbocycles. The Morgan fingerprint density at radius 2 is 2.12 bits per heavy atom. The summed E-state index contributed by atoms with van der Waals surface area (Å²) in [4.78, 5) is 16.2. The first-order chi connectivity index (χ1) is 7.20. The van der Waals surface area contributed by atoms with Crippen molar-refractivity contribution in [2.75, 3.05) is 7.11 Å². The Labute approximate surface area is 112 Å². The summed E-state index contributed by atoms with van der Waals surface area (Å²) in [6.45, 7) is 1.96. The van der Waals surface area contributed by atoms with E-state index in [1.165, 1.54) is 18.4 Å². The predicted molar refractivity (Wildman–Crippen MR) is 71.8 cm³/mol. The highest BCUT2D eigenvalue weighted by molar-refractivity contribution is 8.93. The van der Waals surface area contributed by atoms with Crippen LogP contribution in [0.15, 0.2) is 16.8 Å². The Morgan fingerprint density at radius 3 is 2.69 bits per heavy atom. The summed E-state index contributed by atoms with van der Waals surface area (Å²) in [7, 11) is 1.38. The van der Waals surface area contributed by atoms with Crippen molar-refractivity contribution in [3.8, 4) is 11.3 Å². The second kappa shape index (κ2) is 5.56. The molecule has 2 aromatic heterocycles. The summed E-state index contributed by atoms with van der Waals surface area (Å²) in [6.07, 6.45) is 0. The van der Waals surface area contributed by atoms with Crippen molar-refractivity contribution < 1.29 is 9.53 Å². The number of aromatic nitrogens is 1. The van der Waals surface area contributed by atoms with E-state index in [0.717, 1.165) is 16.3 Å². The number of carbonyl (C=O) groups is 1. The number of carbonyl (C=O) groups excluding carboxylic acids is 1. The van der Waals surface area contributed by atoms with Crippen LogP contribution in [0.1, 0.15) is 14.7 Å². The number of hydrogen-bond donors (Lipinski definition) is 0. The number of hydrogen-bond acceptors (Lipinski definition) is 5. The van der Waals surface area contributed by atoms with E-state index >= 15 is 0 Å². The molecule has 16 heavy (non-hydrogen) atoms. The lowest BCUT2D eigenvalue weighted by molar-refractivity contribution is 0.0606. The average Bonchev–Trinajstić information content (AvgIpc) is 2.84. The summed E-state index contributed by atoms with van der Waals surface area (Å²) in [6, 6.07) is 1.81. The number of nitrogens with zero attached hydrogens (tertiary/aromatic N) is 1. The quantitative estimate of drug-likeness (QED) is 0.795. The van der Waals surface area contributed by atoms with Gasteiger partial charge in [-0.2, -0.15) is 0 Å². The van der Waals surface area contributed by atoms with Crippen molar-refractivity contribution in [2.24, 2.45) is 0 Å². The van der Waals surface area contributed by atoms with Crippen LogP contribution < -0.4 is 0 Å². The monoisotopic (exact) mass is 319 g/mol. The standard InChI is InChI=1S/C10H9NO2S2.BrH/c1-6-11-8(5-14-6)7-3-9(15-4-7)10(12)13-2;/h3-5H,1-2H3;1H. The molecular formula is C10H10BrNO2S2. The third kappa shape index (κ3) is 2.69. The van der Waals surface area contributed by atoms with Gasteiger partial charge in [-0.05, 0) is 13.0 Å². The van der Waals surface area contributed by atoms with Gasteiger partial charge < -0.3 is 4.74 Å². The van der Waals surface area contributed by atoms with Crippen LogP contribution in [0.3, 0.4) is 0 Å². The van der Waals surface area contributed by atoms with Gasteiger partial charge in [-0.1, -0.05) is 0 Å². The van der Waals surface area contributed by atoms with Gasteiger partial charge in [0.25, 0.3) is 0 Å². The molecule has 0 atom stereocenters. The fourth-order valence-corrected chi connectivity index (χ4v) is 2.61. The van der Waals surface area contributed by atoms with Crippen molar-refractivity contribution in [3.63, 3.8) is 0 Å². The minimum absolute atomic E-state index is 0. The molecule has 2 heterocycles. The lowest BCUT2D eigenvalue weighted by Crippen LogP contribution is -1.96. The van der Waals surface area contributed by atoms with Gasteiger partial charge in [0, 0.05) is 16.3 Å². The van der Waals surface area contributed by atoms with Crippen molar-refractivity contribution in [2.45, 2.75) is 6.92 Å². The van der Waals surface area contributed by atoms with Gasteiger partial charge >= 0.3 is 5.97 Å². The Morgan fingerprint density at radius 1 is 1.38 bits per heavy atom. The van der Waals surface area contributed by atoms with Crippen LogP contribution in [0.2, 0.25) is 0 Å². The lowest BCUT2D eigenvalue weighted by atomic mass is 10.2. The second-order valence-electron chi connectivity index (χ2n) is 2.94. The molecule has 0 saturated heterocycles. The number of halogens is 1. The molecule has 0 aliphatic rings. The van der Waals surface area contributed by atoms with Gasteiger partial charge in [0.1, 0.15) is 4.88 Å². The summed E-state index contributed by atoms with van der Waals surface area (Å²) in [5, 5.41) is 4.93. The van der Waals surface area contributed by atoms with Crippen molar-refractivity contribution >= 4 is 45.6 Å². The highest BCUT2D eigenvalue weighted by Crippen LogP contribution is 2.26. The van der Waals surface area contributed by atoms with Crippen LogP contribution in [-0.2, 0) is 4.74 Å². The smallest absolute Gasteiger partial charge is 0.348 e. The maximum Gasteiger partial charge on any atom is 0.348 e. The third-order valence-corrected chi connectivity index (χ3v) is 3.58. The van der Waals surface area contributed by atoms with E-state index in [2.05, 4.69) is 9.72 Å². The Balaban J connectivity index is 0.00000128. The summed E-state index contributed by atoms with van der Waals surface area (Å²) < 4.78 is 4.64. The molecule has 0 bridgehead atoms. The van der Waals surface area contributed by atoms with Gasteiger partial charge in [-0.15, -0.1) is 39.7 Å². The Hall–Kier alpha value is -0.720. The topological polar surface area (TPSA) is 39.2 Å². The minimum Gasteiger partial charge on any atom is -0.465 e. The van der Waals surface area contributed by atoms with Crippen molar-refractivity contribution in [3.05, 3.63) is 26.7 Å².